The van der Waals surface area contributed by atoms with E-state index in [2.05, 4.69) is 0 Å². The third-order valence-electron chi connectivity index (χ3n) is 3.04. The molecule has 0 amide bonds. The van der Waals surface area contributed by atoms with Gasteiger partial charge in [-0.2, -0.15) is 0 Å². The van der Waals surface area contributed by atoms with Crippen molar-refractivity contribution in [3.8, 4) is 0 Å². The van der Waals surface area contributed by atoms with Crippen LogP contribution < -0.4 is 0 Å². The SMILES string of the molecule is Cc1cc(F)c(C(=O)C2CCCOC2)cc1F. The summed E-state index contributed by atoms with van der Waals surface area (Å²) in [5.74, 6) is -1.91. The normalized spacial score (nSPS) is 20.3. The fraction of sp³-hybridized carbons (Fsp3) is 0.462. The number of benzene rings is 1. The first-order valence-corrected chi connectivity index (χ1v) is 5.67. The number of ketones is 1. The molecular formula is C13H14F2O2. The predicted molar refractivity (Wildman–Crippen MR) is 59.0 cm³/mol. The van der Waals surface area contributed by atoms with Gasteiger partial charge < -0.3 is 4.74 Å². The minimum Gasteiger partial charge on any atom is -0.381 e. The summed E-state index contributed by atoms with van der Waals surface area (Å²) in [5.41, 5.74) is 0.0440. The quantitative estimate of drug-likeness (QED) is 0.743. The zero-order chi connectivity index (χ0) is 12.4. The highest BCUT2D eigenvalue weighted by atomic mass is 19.1. The monoisotopic (exact) mass is 240 g/mol. The Morgan fingerprint density at radius 3 is 2.76 bits per heavy atom. The third-order valence-corrected chi connectivity index (χ3v) is 3.04. The highest BCUT2D eigenvalue weighted by Gasteiger charge is 2.25. The molecule has 17 heavy (non-hydrogen) atoms. The summed E-state index contributed by atoms with van der Waals surface area (Å²) in [6.45, 7) is 2.40. The van der Waals surface area contributed by atoms with Gasteiger partial charge >= 0.3 is 0 Å². The van der Waals surface area contributed by atoms with Gasteiger partial charge in [0.1, 0.15) is 11.6 Å². The van der Waals surface area contributed by atoms with Gasteiger partial charge in [0.2, 0.25) is 0 Å². The van der Waals surface area contributed by atoms with E-state index in [1.54, 1.807) is 0 Å². The molecule has 0 spiro atoms. The number of hydrogen-bond acceptors (Lipinski definition) is 2. The molecule has 1 heterocycles. The van der Waals surface area contributed by atoms with Gasteiger partial charge in [-0.05, 0) is 37.5 Å². The number of ether oxygens (including phenoxy) is 1. The predicted octanol–water partition coefficient (Wildman–Crippen LogP) is 2.88. The molecule has 2 rings (SSSR count). The van der Waals surface area contributed by atoms with E-state index in [1.807, 2.05) is 0 Å². The van der Waals surface area contributed by atoms with Crippen LogP contribution in [-0.4, -0.2) is 19.0 Å². The average molecular weight is 240 g/mol. The lowest BCUT2D eigenvalue weighted by molar-refractivity contribution is 0.0458. The van der Waals surface area contributed by atoms with Crippen LogP contribution in [0.15, 0.2) is 12.1 Å². The largest absolute Gasteiger partial charge is 0.381 e. The number of Topliss-reactive ketones (excluding diaryl/α,β-unsaturated/α-hetero) is 1. The van der Waals surface area contributed by atoms with Gasteiger partial charge in [0.25, 0.3) is 0 Å². The lowest BCUT2D eigenvalue weighted by atomic mass is 9.92. The van der Waals surface area contributed by atoms with Crippen molar-refractivity contribution in [2.45, 2.75) is 19.8 Å². The highest BCUT2D eigenvalue weighted by Crippen LogP contribution is 2.22. The maximum Gasteiger partial charge on any atom is 0.171 e. The topological polar surface area (TPSA) is 26.3 Å². The van der Waals surface area contributed by atoms with Gasteiger partial charge in [-0.1, -0.05) is 0 Å². The van der Waals surface area contributed by atoms with E-state index in [1.165, 1.54) is 6.92 Å². The van der Waals surface area contributed by atoms with Gasteiger partial charge in [-0.25, -0.2) is 8.78 Å². The molecule has 1 aliphatic heterocycles. The second kappa shape index (κ2) is 4.92. The molecule has 92 valence electrons. The molecule has 1 saturated heterocycles. The summed E-state index contributed by atoms with van der Waals surface area (Å²) in [4.78, 5) is 12.0. The first-order valence-electron chi connectivity index (χ1n) is 5.67. The number of hydrogen-bond donors (Lipinski definition) is 0. The van der Waals surface area contributed by atoms with E-state index in [0.29, 0.717) is 19.6 Å². The van der Waals surface area contributed by atoms with Crippen LogP contribution in [0.1, 0.15) is 28.8 Å². The first-order chi connectivity index (χ1) is 8.09. The Balaban J connectivity index is 2.26. The molecule has 0 bridgehead atoms. The van der Waals surface area contributed by atoms with Gasteiger partial charge in [-0.15, -0.1) is 0 Å². The number of carbonyl (C=O) groups is 1. The fourth-order valence-corrected chi connectivity index (χ4v) is 2.00. The Morgan fingerprint density at radius 1 is 1.35 bits per heavy atom. The standard InChI is InChI=1S/C13H14F2O2/c1-8-5-12(15)10(6-11(8)14)13(16)9-3-2-4-17-7-9/h5-6,9H,2-4,7H2,1H3. The van der Waals surface area contributed by atoms with Crippen molar-refractivity contribution >= 4 is 5.78 Å². The van der Waals surface area contributed by atoms with Crippen LogP contribution in [0.5, 0.6) is 0 Å². The van der Waals surface area contributed by atoms with Crippen molar-refractivity contribution in [3.63, 3.8) is 0 Å². The van der Waals surface area contributed by atoms with Gasteiger partial charge in [0, 0.05) is 12.5 Å². The van der Waals surface area contributed by atoms with E-state index in [4.69, 9.17) is 4.74 Å². The van der Waals surface area contributed by atoms with E-state index in [9.17, 15) is 13.6 Å². The minimum absolute atomic E-state index is 0.163. The molecule has 4 heteroatoms. The maximum atomic E-state index is 13.6. The molecule has 0 aromatic heterocycles. The van der Waals surface area contributed by atoms with Crippen LogP contribution in [0.25, 0.3) is 0 Å². The van der Waals surface area contributed by atoms with Crippen molar-refractivity contribution in [2.75, 3.05) is 13.2 Å². The molecule has 1 aromatic rings. The summed E-state index contributed by atoms with van der Waals surface area (Å²) >= 11 is 0. The second-order valence-corrected chi connectivity index (χ2v) is 4.36. The number of rotatable bonds is 2. The van der Waals surface area contributed by atoms with Crippen molar-refractivity contribution in [1.29, 1.82) is 0 Å². The van der Waals surface area contributed by atoms with Crippen LogP contribution in [0.2, 0.25) is 0 Å². The summed E-state index contributed by atoms with van der Waals surface area (Å²) in [5, 5.41) is 0. The van der Waals surface area contributed by atoms with Gasteiger partial charge in [0.05, 0.1) is 12.2 Å². The lowest BCUT2D eigenvalue weighted by Gasteiger charge is -2.21. The van der Waals surface area contributed by atoms with Crippen molar-refractivity contribution in [3.05, 3.63) is 34.9 Å². The molecule has 0 aliphatic carbocycles. The Hall–Kier alpha value is -1.29. The van der Waals surface area contributed by atoms with E-state index in [0.717, 1.165) is 18.6 Å². The molecule has 1 atom stereocenters. The van der Waals surface area contributed by atoms with Crippen molar-refractivity contribution in [1.82, 2.24) is 0 Å². The highest BCUT2D eigenvalue weighted by molar-refractivity contribution is 5.98. The van der Waals surface area contributed by atoms with Crippen LogP contribution >= 0.6 is 0 Å². The van der Waals surface area contributed by atoms with E-state index >= 15 is 0 Å². The summed E-state index contributed by atoms with van der Waals surface area (Å²) in [6, 6.07) is 2.05. The molecule has 1 aromatic carbocycles. The molecule has 0 N–H and O–H groups in total. The maximum absolute atomic E-state index is 13.6. The lowest BCUT2D eigenvalue weighted by Crippen LogP contribution is -2.26. The van der Waals surface area contributed by atoms with Crippen molar-refractivity contribution < 1.29 is 18.3 Å². The third kappa shape index (κ3) is 2.52. The van der Waals surface area contributed by atoms with Crippen LogP contribution in [0.4, 0.5) is 8.78 Å². The molecule has 1 unspecified atom stereocenters. The van der Waals surface area contributed by atoms with Crippen LogP contribution in [-0.2, 0) is 4.74 Å². The number of carbonyl (C=O) groups excluding carboxylic acids is 1. The minimum atomic E-state index is -0.653. The number of halogens is 2. The fourth-order valence-electron chi connectivity index (χ4n) is 2.00. The summed E-state index contributed by atoms with van der Waals surface area (Å²) < 4.78 is 32.1. The zero-order valence-electron chi connectivity index (χ0n) is 9.63. The van der Waals surface area contributed by atoms with Gasteiger partial charge in [0.15, 0.2) is 5.78 Å². The van der Waals surface area contributed by atoms with Crippen molar-refractivity contribution in [2.24, 2.45) is 5.92 Å². The molecule has 1 fully saturated rings. The molecule has 0 radical (unpaired) electrons. The smallest absolute Gasteiger partial charge is 0.171 e. The Bertz CT molecular complexity index is 437. The van der Waals surface area contributed by atoms with Crippen LogP contribution in [0, 0.1) is 24.5 Å². The summed E-state index contributed by atoms with van der Waals surface area (Å²) in [6.07, 6.45) is 1.46. The average Bonchev–Trinajstić information content (AvgIpc) is 2.34. The molecule has 2 nitrogen and oxygen atoms in total. The van der Waals surface area contributed by atoms with E-state index < -0.39 is 11.6 Å². The van der Waals surface area contributed by atoms with E-state index in [-0.39, 0.29) is 22.8 Å². The van der Waals surface area contributed by atoms with Gasteiger partial charge in [-0.3, -0.25) is 4.79 Å². The number of aryl methyl sites for hydroxylation is 1. The molecule has 1 aliphatic rings. The Kier molecular flexibility index (Phi) is 3.52. The van der Waals surface area contributed by atoms with Crippen LogP contribution in [0.3, 0.4) is 0 Å². The molecule has 0 saturated carbocycles. The Morgan fingerprint density at radius 2 is 2.12 bits per heavy atom. The zero-order valence-corrected chi connectivity index (χ0v) is 9.63. The first kappa shape index (κ1) is 12.2. The summed E-state index contributed by atoms with van der Waals surface area (Å²) in [7, 11) is 0. The molecular weight excluding hydrogens is 226 g/mol. The Labute approximate surface area is 98.6 Å². The second-order valence-electron chi connectivity index (χ2n) is 4.36.